The van der Waals surface area contributed by atoms with Crippen LogP contribution in [0.15, 0.2) is 83.9 Å². The molecule has 33 heavy (non-hydrogen) atoms. The molecule has 0 fully saturated rings. The maximum Gasteiger partial charge on any atom is 0.416 e. The molecule has 2 unspecified atom stereocenters. The molecule has 0 saturated carbocycles. The highest BCUT2D eigenvalue weighted by Crippen LogP contribution is 2.43. The molecule has 0 amide bonds. The van der Waals surface area contributed by atoms with Gasteiger partial charge in [0.1, 0.15) is 0 Å². The van der Waals surface area contributed by atoms with Crippen molar-refractivity contribution in [3.05, 3.63) is 90.1 Å². The van der Waals surface area contributed by atoms with E-state index in [1.54, 1.807) is 28.9 Å². The van der Waals surface area contributed by atoms with Crippen molar-refractivity contribution in [2.75, 3.05) is 0 Å². The number of aliphatic hydroxyl groups is 1. The Labute approximate surface area is 188 Å². The number of nitrogens with zero attached hydrogens (tertiary/aromatic N) is 2. The van der Waals surface area contributed by atoms with Crippen molar-refractivity contribution in [2.45, 2.75) is 28.6 Å². The minimum atomic E-state index is -4.58. The molecule has 172 valence electrons. The molecule has 3 nitrogen and oxygen atoms in total. The molecule has 0 bridgehead atoms. The van der Waals surface area contributed by atoms with Crippen LogP contribution in [0.25, 0.3) is 16.6 Å². The van der Waals surface area contributed by atoms with Crippen LogP contribution in [-0.4, -0.2) is 26.8 Å². The summed E-state index contributed by atoms with van der Waals surface area (Å²) in [7, 11) is 0. The second-order valence-electron chi connectivity index (χ2n) is 7.25. The molecular formula is C23H16F6N2OS. The lowest BCUT2D eigenvalue weighted by molar-refractivity contribution is -0.137. The molecule has 1 heterocycles. The van der Waals surface area contributed by atoms with Crippen LogP contribution in [0.3, 0.4) is 0 Å². The molecule has 0 spiro atoms. The van der Waals surface area contributed by atoms with E-state index in [1.807, 2.05) is 6.07 Å². The summed E-state index contributed by atoms with van der Waals surface area (Å²) in [6, 6.07) is 16.3. The second-order valence-corrected chi connectivity index (χ2v) is 8.37. The maximum atomic E-state index is 15.1. The highest BCUT2D eigenvalue weighted by atomic mass is 32.2. The van der Waals surface area contributed by atoms with Gasteiger partial charge in [-0.05, 0) is 54.1 Å². The van der Waals surface area contributed by atoms with Gasteiger partial charge in [0.2, 0.25) is 0 Å². The minimum absolute atomic E-state index is 0.0347. The Kier molecular flexibility index (Phi) is 6.15. The van der Waals surface area contributed by atoms with Crippen LogP contribution >= 0.6 is 11.8 Å². The molecule has 2 atom stereocenters. The fourth-order valence-corrected chi connectivity index (χ4v) is 4.30. The summed E-state index contributed by atoms with van der Waals surface area (Å²) >= 11 is 0.216. The third-order valence-electron chi connectivity index (χ3n) is 5.13. The normalized spacial score (nSPS) is 15.0. The van der Waals surface area contributed by atoms with Crippen molar-refractivity contribution in [1.29, 1.82) is 0 Å². The van der Waals surface area contributed by atoms with Crippen LogP contribution in [-0.2, 0) is 11.8 Å². The van der Waals surface area contributed by atoms with Crippen LogP contribution in [0.2, 0.25) is 0 Å². The predicted molar refractivity (Wildman–Crippen MR) is 113 cm³/mol. The molecular weight excluding hydrogens is 466 g/mol. The summed E-state index contributed by atoms with van der Waals surface area (Å²) in [6.07, 6.45) is -6.67. The smallest absolute Gasteiger partial charge is 0.376 e. The molecule has 0 aliphatic rings. The predicted octanol–water partition coefficient (Wildman–Crippen LogP) is 6.58. The van der Waals surface area contributed by atoms with Gasteiger partial charge in [-0.25, -0.2) is 17.9 Å². The fourth-order valence-electron chi connectivity index (χ4n) is 3.34. The zero-order valence-electron chi connectivity index (χ0n) is 16.7. The van der Waals surface area contributed by atoms with Gasteiger partial charge in [-0.15, -0.1) is 0 Å². The number of hydrogen-bond donors (Lipinski definition) is 1. The number of alkyl halides is 6. The number of halogens is 6. The summed E-state index contributed by atoms with van der Waals surface area (Å²) in [5.41, 5.74) is -5.79. The van der Waals surface area contributed by atoms with Crippen LogP contribution < -0.4 is 0 Å². The summed E-state index contributed by atoms with van der Waals surface area (Å²) in [4.78, 5) is -0.0347. The molecule has 0 aliphatic heterocycles. The Balaban J connectivity index is 1.65. The maximum absolute atomic E-state index is 15.1. The van der Waals surface area contributed by atoms with Crippen molar-refractivity contribution < 1.29 is 31.4 Å². The topological polar surface area (TPSA) is 38.1 Å². The number of thioether (sulfide) groups is 1. The molecule has 3 aromatic carbocycles. The van der Waals surface area contributed by atoms with E-state index in [1.165, 1.54) is 24.4 Å². The van der Waals surface area contributed by atoms with Gasteiger partial charge < -0.3 is 5.11 Å². The van der Waals surface area contributed by atoms with Crippen LogP contribution in [0, 0.1) is 0 Å². The second kappa shape index (κ2) is 8.75. The van der Waals surface area contributed by atoms with Gasteiger partial charge >= 0.3 is 6.18 Å². The summed E-state index contributed by atoms with van der Waals surface area (Å²) in [5.74, 6) is 0. The largest absolute Gasteiger partial charge is 0.416 e. The Hall–Kier alpha value is -2.98. The van der Waals surface area contributed by atoms with Crippen molar-refractivity contribution in [3.63, 3.8) is 0 Å². The molecule has 0 radical (unpaired) electrons. The van der Waals surface area contributed by atoms with Gasteiger partial charge in [0.05, 0.1) is 23.0 Å². The molecule has 4 aromatic rings. The van der Waals surface area contributed by atoms with Crippen molar-refractivity contribution in [3.8, 4) is 5.69 Å². The van der Waals surface area contributed by atoms with Crippen LogP contribution in [0.1, 0.15) is 11.1 Å². The summed E-state index contributed by atoms with van der Waals surface area (Å²) < 4.78 is 82.7. The number of benzene rings is 3. The lowest BCUT2D eigenvalue weighted by Crippen LogP contribution is -2.42. The first-order chi connectivity index (χ1) is 15.6. The van der Waals surface area contributed by atoms with E-state index in [-0.39, 0.29) is 22.2 Å². The molecule has 4 rings (SSSR count). The Morgan fingerprint density at radius 2 is 1.48 bits per heavy atom. The van der Waals surface area contributed by atoms with Crippen LogP contribution in [0.5, 0.6) is 0 Å². The van der Waals surface area contributed by atoms with E-state index < -0.39 is 29.3 Å². The monoisotopic (exact) mass is 482 g/mol. The Bertz CT molecular complexity index is 1240. The molecule has 10 heteroatoms. The number of rotatable bonds is 6. The van der Waals surface area contributed by atoms with Crippen molar-refractivity contribution in [2.24, 2.45) is 0 Å². The van der Waals surface area contributed by atoms with E-state index in [4.69, 9.17) is 0 Å². The van der Waals surface area contributed by atoms with E-state index in [2.05, 4.69) is 5.10 Å². The van der Waals surface area contributed by atoms with Gasteiger partial charge in [-0.2, -0.15) is 18.3 Å². The van der Waals surface area contributed by atoms with E-state index in [9.17, 15) is 27.1 Å². The SMILES string of the molecule is OC(c1ccc2c(cnn2-c2ccccc2)c1)(C(F)F)C(F)Sc1ccc(C(F)(F)F)cc1. The van der Waals surface area contributed by atoms with Gasteiger partial charge in [0.25, 0.3) is 6.43 Å². The molecule has 1 N–H and O–H groups in total. The first-order valence-electron chi connectivity index (χ1n) is 9.63. The Morgan fingerprint density at radius 1 is 0.848 bits per heavy atom. The third kappa shape index (κ3) is 4.45. The first-order valence-corrected chi connectivity index (χ1v) is 10.5. The number of aromatic nitrogens is 2. The Morgan fingerprint density at radius 3 is 2.09 bits per heavy atom. The van der Waals surface area contributed by atoms with Gasteiger partial charge in [-0.3, -0.25) is 0 Å². The molecule has 1 aromatic heterocycles. The lowest BCUT2D eigenvalue weighted by Gasteiger charge is -2.30. The standard InChI is InChI=1S/C23H16F6N2OS/c24-20(25)22(32,21(26)33-18-9-6-15(7-10-18)23(27,28)29)16-8-11-19-14(12-16)13-30-31(19)17-4-2-1-3-5-17/h1-13,20-21,32H. The van der Waals surface area contributed by atoms with E-state index >= 15 is 4.39 Å². The van der Waals surface area contributed by atoms with E-state index in [0.29, 0.717) is 10.9 Å². The number of hydrogen-bond acceptors (Lipinski definition) is 3. The molecule has 0 saturated heterocycles. The summed E-state index contributed by atoms with van der Waals surface area (Å²) in [5, 5.41) is 15.3. The van der Waals surface area contributed by atoms with Crippen LogP contribution in [0.4, 0.5) is 26.3 Å². The number of fused-ring (bicyclic) bond motifs is 1. The average molecular weight is 482 g/mol. The fraction of sp³-hybridized carbons (Fsp3) is 0.174. The highest BCUT2D eigenvalue weighted by Gasteiger charge is 2.48. The zero-order valence-corrected chi connectivity index (χ0v) is 17.5. The van der Waals surface area contributed by atoms with Crippen molar-refractivity contribution >= 4 is 22.7 Å². The zero-order chi connectivity index (χ0) is 23.8. The highest BCUT2D eigenvalue weighted by molar-refractivity contribution is 7.99. The van der Waals surface area contributed by atoms with Gasteiger partial charge in [-0.1, -0.05) is 36.0 Å². The third-order valence-corrected chi connectivity index (χ3v) is 6.24. The van der Waals surface area contributed by atoms with Crippen molar-refractivity contribution in [1.82, 2.24) is 9.78 Å². The molecule has 0 aliphatic carbocycles. The first kappa shape index (κ1) is 23.2. The number of para-hydroxylation sites is 1. The van der Waals surface area contributed by atoms with Gasteiger partial charge in [0.15, 0.2) is 11.1 Å². The summed E-state index contributed by atoms with van der Waals surface area (Å²) in [6.45, 7) is 0. The lowest BCUT2D eigenvalue weighted by atomic mass is 9.94. The minimum Gasteiger partial charge on any atom is -0.376 e. The van der Waals surface area contributed by atoms with Gasteiger partial charge in [0, 0.05) is 10.3 Å². The average Bonchev–Trinajstić information content (AvgIpc) is 3.22. The quantitative estimate of drug-likeness (QED) is 0.249. The van der Waals surface area contributed by atoms with E-state index in [0.717, 1.165) is 30.0 Å².